The van der Waals surface area contributed by atoms with E-state index in [4.69, 9.17) is 9.47 Å². The van der Waals surface area contributed by atoms with Crippen LogP contribution in [0.25, 0.3) is 10.9 Å². The second-order valence-corrected chi connectivity index (χ2v) is 6.96. The number of hydrogen-bond acceptors (Lipinski definition) is 4. The summed E-state index contributed by atoms with van der Waals surface area (Å²) in [5.41, 5.74) is 6.16. The lowest BCUT2D eigenvalue weighted by Gasteiger charge is -2.20. The summed E-state index contributed by atoms with van der Waals surface area (Å²) in [5, 5.41) is 4.96. The van der Waals surface area contributed by atoms with Crippen LogP contribution in [-0.2, 0) is 11.3 Å². The molecule has 3 heterocycles. The van der Waals surface area contributed by atoms with Gasteiger partial charge in [-0.3, -0.25) is 0 Å². The van der Waals surface area contributed by atoms with E-state index in [0.717, 1.165) is 25.1 Å². The molecule has 0 spiro atoms. The Morgan fingerprint density at radius 3 is 2.92 bits per heavy atom. The van der Waals surface area contributed by atoms with Crippen LogP contribution in [0, 0.1) is 13.8 Å². The Morgan fingerprint density at radius 1 is 1.27 bits per heavy atom. The third-order valence-electron chi connectivity index (χ3n) is 5.34. The summed E-state index contributed by atoms with van der Waals surface area (Å²) >= 11 is 0. The third-order valence-corrected chi connectivity index (χ3v) is 5.34. The number of aromatic amines is 1. The lowest BCUT2D eigenvalue weighted by Crippen LogP contribution is -2.31. The molecule has 1 fully saturated rings. The van der Waals surface area contributed by atoms with E-state index >= 15 is 0 Å². The summed E-state index contributed by atoms with van der Waals surface area (Å²) in [6.07, 6.45) is 2.87. The highest BCUT2D eigenvalue weighted by atomic mass is 16.5. The van der Waals surface area contributed by atoms with E-state index in [-0.39, 0.29) is 12.1 Å². The van der Waals surface area contributed by atoms with Crippen LogP contribution in [0.3, 0.4) is 0 Å². The fourth-order valence-corrected chi connectivity index (χ4v) is 3.66. The first-order chi connectivity index (χ1) is 12.7. The maximum atomic E-state index is 5.95. The van der Waals surface area contributed by atoms with Crippen molar-refractivity contribution >= 4 is 10.9 Å². The molecule has 1 aromatic carbocycles. The monoisotopic (exact) mass is 351 g/mol. The van der Waals surface area contributed by atoms with Gasteiger partial charge in [0.1, 0.15) is 0 Å². The zero-order valence-corrected chi connectivity index (χ0v) is 15.5. The fraction of sp³-hybridized carbons (Fsp3) is 0.381. The van der Waals surface area contributed by atoms with Crippen molar-refractivity contribution in [1.29, 1.82) is 0 Å². The van der Waals surface area contributed by atoms with Gasteiger partial charge in [0.25, 0.3) is 0 Å². The van der Waals surface area contributed by atoms with E-state index in [1.165, 1.54) is 27.7 Å². The maximum Gasteiger partial charge on any atom is 0.212 e. The Labute approximate surface area is 153 Å². The SMILES string of the molecule is COc1ccc([C@H]2OCC[C@@H]2NCc2cc3c(C)c(C)ccc3[nH]2)cn1. The van der Waals surface area contributed by atoms with Crippen LogP contribution in [0.15, 0.2) is 36.5 Å². The molecule has 1 saturated heterocycles. The first-order valence-corrected chi connectivity index (χ1v) is 9.08. The summed E-state index contributed by atoms with van der Waals surface area (Å²) in [6.45, 7) is 5.89. The second kappa shape index (κ2) is 7.09. The molecular formula is C21H25N3O2. The summed E-state index contributed by atoms with van der Waals surface area (Å²) in [7, 11) is 1.63. The molecule has 0 saturated carbocycles. The Bertz CT molecular complexity index is 902. The first kappa shape index (κ1) is 17.1. The Morgan fingerprint density at radius 2 is 2.15 bits per heavy atom. The normalized spacial score (nSPS) is 20.0. The van der Waals surface area contributed by atoms with Gasteiger partial charge in [0, 0.05) is 53.6 Å². The minimum atomic E-state index is 0.0294. The van der Waals surface area contributed by atoms with Crippen molar-refractivity contribution in [3.8, 4) is 5.88 Å². The van der Waals surface area contributed by atoms with E-state index < -0.39 is 0 Å². The number of nitrogens with one attached hydrogen (secondary N) is 2. The lowest BCUT2D eigenvalue weighted by atomic mass is 10.0. The Kier molecular flexibility index (Phi) is 4.66. The van der Waals surface area contributed by atoms with Gasteiger partial charge in [-0.05, 0) is 49.6 Å². The number of fused-ring (bicyclic) bond motifs is 1. The molecule has 4 rings (SSSR count). The zero-order valence-electron chi connectivity index (χ0n) is 15.5. The maximum absolute atomic E-state index is 5.95. The standard InChI is InChI=1S/C21H25N3O2/c1-13-4-6-18-17(14(13)2)10-16(24-18)12-22-19-8-9-26-21(19)15-5-7-20(25-3)23-11-15/h4-7,10-11,19,21-22,24H,8-9,12H2,1-3H3/t19-,21+/m0/s1. The molecule has 0 unspecified atom stereocenters. The van der Waals surface area contributed by atoms with Gasteiger partial charge in [-0.15, -0.1) is 0 Å². The van der Waals surface area contributed by atoms with Crippen LogP contribution < -0.4 is 10.1 Å². The predicted molar refractivity (Wildman–Crippen MR) is 102 cm³/mol. The number of H-pyrrole nitrogens is 1. The van der Waals surface area contributed by atoms with Crippen molar-refractivity contribution < 1.29 is 9.47 Å². The van der Waals surface area contributed by atoms with E-state index in [1.54, 1.807) is 7.11 Å². The lowest BCUT2D eigenvalue weighted by molar-refractivity contribution is 0.0981. The quantitative estimate of drug-likeness (QED) is 0.734. The molecule has 136 valence electrons. The van der Waals surface area contributed by atoms with Gasteiger partial charge in [-0.25, -0.2) is 4.98 Å². The highest BCUT2D eigenvalue weighted by molar-refractivity contribution is 5.84. The minimum Gasteiger partial charge on any atom is -0.481 e. The van der Waals surface area contributed by atoms with Crippen molar-refractivity contribution in [3.63, 3.8) is 0 Å². The van der Waals surface area contributed by atoms with Crippen molar-refractivity contribution in [2.75, 3.05) is 13.7 Å². The molecule has 1 aliphatic rings. The fourth-order valence-electron chi connectivity index (χ4n) is 3.66. The van der Waals surface area contributed by atoms with E-state index in [0.29, 0.717) is 5.88 Å². The second-order valence-electron chi connectivity index (χ2n) is 6.96. The molecule has 5 nitrogen and oxygen atoms in total. The van der Waals surface area contributed by atoms with Crippen molar-refractivity contribution in [1.82, 2.24) is 15.3 Å². The van der Waals surface area contributed by atoms with Crippen LogP contribution in [0.4, 0.5) is 0 Å². The summed E-state index contributed by atoms with van der Waals surface area (Å²) in [6, 6.07) is 10.8. The minimum absolute atomic E-state index is 0.0294. The number of aromatic nitrogens is 2. The topological polar surface area (TPSA) is 59.2 Å². The largest absolute Gasteiger partial charge is 0.481 e. The smallest absolute Gasteiger partial charge is 0.212 e. The first-order valence-electron chi connectivity index (χ1n) is 9.08. The Balaban J connectivity index is 1.47. The zero-order chi connectivity index (χ0) is 18.1. The number of nitrogens with zero attached hydrogens (tertiary/aromatic N) is 1. The van der Waals surface area contributed by atoms with E-state index in [2.05, 4.69) is 47.3 Å². The van der Waals surface area contributed by atoms with Crippen molar-refractivity contribution in [3.05, 3.63) is 58.9 Å². The van der Waals surface area contributed by atoms with E-state index in [1.807, 2.05) is 18.3 Å². The van der Waals surface area contributed by atoms with Crippen molar-refractivity contribution in [2.45, 2.75) is 39.0 Å². The summed E-state index contributed by atoms with van der Waals surface area (Å²) in [5.74, 6) is 0.625. The molecule has 5 heteroatoms. The highest BCUT2D eigenvalue weighted by Gasteiger charge is 2.29. The predicted octanol–water partition coefficient (Wildman–Crippen LogP) is 3.81. The van der Waals surface area contributed by atoms with Crippen LogP contribution >= 0.6 is 0 Å². The van der Waals surface area contributed by atoms with Gasteiger partial charge in [-0.2, -0.15) is 0 Å². The highest BCUT2D eigenvalue weighted by Crippen LogP contribution is 2.30. The summed E-state index contributed by atoms with van der Waals surface area (Å²) in [4.78, 5) is 7.83. The van der Waals surface area contributed by atoms with Gasteiger partial charge < -0.3 is 19.8 Å². The molecule has 2 aromatic heterocycles. The van der Waals surface area contributed by atoms with Gasteiger partial charge in [0.2, 0.25) is 5.88 Å². The van der Waals surface area contributed by atoms with Gasteiger partial charge in [0.05, 0.1) is 13.2 Å². The average molecular weight is 351 g/mol. The molecule has 3 aromatic rings. The molecule has 2 N–H and O–H groups in total. The van der Waals surface area contributed by atoms with E-state index in [9.17, 15) is 0 Å². The average Bonchev–Trinajstić information content (AvgIpc) is 3.30. The number of ether oxygens (including phenoxy) is 2. The van der Waals surface area contributed by atoms with Crippen molar-refractivity contribution in [2.24, 2.45) is 0 Å². The van der Waals surface area contributed by atoms with Gasteiger partial charge >= 0.3 is 0 Å². The number of benzene rings is 1. The van der Waals surface area contributed by atoms with Gasteiger partial charge in [0.15, 0.2) is 0 Å². The Hall–Kier alpha value is -2.37. The molecular weight excluding hydrogens is 326 g/mol. The number of rotatable bonds is 5. The molecule has 2 atom stereocenters. The molecule has 1 aliphatic heterocycles. The molecule has 0 radical (unpaired) electrons. The number of aryl methyl sites for hydroxylation is 2. The number of hydrogen-bond donors (Lipinski definition) is 2. The van der Waals surface area contributed by atoms with Crippen LogP contribution in [0.2, 0.25) is 0 Å². The molecule has 0 amide bonds. The third kappa shape index (κ3) is 3.20. The van der Waals surface area contributed by atoms with Crippen LogP contribution in [0.5, 0.6) is 5.88 Å². The number of pyridine rings is 1. The summed E-state index contributed by atoms with van der Waals surface area (Å²) < 4.78 is 11.1. The molecule has 0 bridgehead atoms. The molecule has 0 aliphatic carbocycles. The van der Waals surface area contributed by atoms with Crippen LogP contribution in [0.1, 0.15) is 34.9 Å². The van der Waals surface area contributed by atoms with Crippen LogP contribution in [-0.4, -0.2) is 29.7 Å². The van der Waals surface area contributed by atoms with Gasteiger partial charge in [-0.1, -0.05) is 6.07 Å². The molecule has 26 heavy (non-hydrogen) atoms. The number of methoxy groups -OCH3 is 1.